The largest absolute Gasteiger partial charge is 0.366 e. The second kappa shape index (κ2) is 15.3. The van der Waals surface area contributed by atoms with Gasteiger partial charge in [0.05, 0.1) is 6.04 Å². The van der Waals surface area contributed by atoms with Gasteiger partial charge in [-0.1, -0.05) is 85.4 Å². The van der Waals surface area contributed by atoms with Crippen molar-refractivity contribution in [3.05, 3.63) is 35.4 Å². The molecular weight excluding hydrogens is 624 g/mol. The molecule has 1 heterocycles. The predicted octanol–water partition coefficient (Wildman–Crippen LogP) is 3.20. The minimum atomic E-state index is -1.09. The number of Topliss-reactive ketones (excluding diaryl/α,β-unsaturated/α-hetero) is 1. The summed E-state index contributed by atoms with van der Waals surface area (Å²) in [5.74, 6) is -2.96. The van der Waals surface area contributed by atoms with E-state index in [0.29, 0.717) is 31.4 Å². The number of likely N-dealkylation sites (tertiary alicyclic amines) is 1. The van der Waals surface area contributed by atoms with Gasteiger partial charge in [-0.05, 0) is 72.3 Å². The molecule has 3 aliphatic rings. The molecular formula is C37H56N6O6. The van der Waals surface area contributed by atoms with Crippen molar-refractivity contribution in [2.75, 3.05) is 6.54 Å². The molecule has 4 rings (SSSR count). The summed E-state index contributed by atoms with van der Waals surface area (Å²) in [4.78, 5) is 80.3. The summed E-state index contributed by atoms with van der Waals surface area (Å²) in [7, 11) is 0. The number of hydrogen-bond acceptors (Lipinski definition) is 6. The first-order valence-corrected chi connectivity index (χ1v) is 17.8. The maximum absolute atomic E-state index is 14.4. The molecule has 1 unspecified atom stereocenters. The summed E-state index contributed by atoms with van der Waals surface area (Å²) in [6.07, 6.45) is 6.86. The van der Waals surface area contributed by atoms with Crippen LogP contribution in [-0.2, 0) is 25.6 Å². The van der Waals surface area contributed by atoms with Crippen molar-refractivity contribution in [2.24, 2.45) is 40.1 Å². The third-order valence-corrected chi connectivity index (χ3v) is 10.8. The van der Waals surface area contributed by atoms with Gasteiger partial charge in [0.15, 0.2) is 0 Å². The molecule has 2 aliphatic carbocycles. The van der Waals surface area contributed by atoms with Crippen LogP contribution in [0.5, 0.6) is 0 Å². The van der Waals surface area contributed by atoms with E-state index in [1.807, 2.05) is 53.7 Å². The van der Waals surface area contributed by atoms with Gasteiger partial charge in [0.25, 0.3) is 5.91 Å². The molecule has 7 N–H and O–H groups in total. The summed E-state index contributed by atoms with van der Waals surface area (Å²) < 4.78 is 0. The number of hydrogen-bond donors (Lipinski definition) is 5. The number of nitrogens with zero attached hydrogens (tertiary/aromatic N) is 1. The maximum Gasteiger partial charge on any atom is 0.315 e. The molecule has 0 radical (unpaired) electrons. The lowest BCUT2D eigenvalue weighted by Crippen LogP contribution is -2.61. The molecule has 0 spiro atoms. The van der Waals surface area contributed by atoms with E-state index in [1.165, 1.54) is 0 Å². The number of carbonyl (C=O) groups is 6. The van der Waals surface area contributed by atoms with E-state index in [0.717, 1.165) is 44.1 Å². The quantitative estimate of drug-likeness (QED) is 0.199. The van der Waals surface area contributed by atoms with Gasteiger partial charge < -0.3 is 32.3 Å². The summed E-state index contributed by atoms with van der Waals surface area (Å²) in [5, 5.41) is 8.85. The summed E-state index contributed by atoms with van der Waals surface area (Å²) >= 11 is 0. The van der Waals surface area contributed by atoms with E-state index in [2.05, 4.69) is 16.0 Å². The second-order valence-corrected chi connectivity index (χ2v) is 16.5. The maximum atomic E-state index is 14.4. The number of ketones is 1. The molecule has 49 heavy (non-hydrogen) atoms. The lowest BCUT2D eigenvalue weighted by Gasteiger charge is -2.38. The summed E-state index contributed by atoms with van der Waals surface area (Å²) in [6, 6.07) is 3.50. The Balaban J connectivity index is 1.51. The minimum Gasteiger partial charge on any atom is -0.366 e. The van der Waals surface area contributed by atoms with Gasteiger partial charge in [-0.15, -0.1) is 0 Å². The first-order chi connectivity index (χ1) is 22.9. The molecule has 1 aromatic rings. The van der Waals surface area contributed by atoms with Gasteiger partial charge >= 0.3 is 6.03 Å². The first kappa shape index (κ1) is 37.9. The Hall–Kier alpha value is -3.96. The molecule has 1 aliphatic heterocycles. The number of nitrogens with one attached hydrogen (secondary N) is 3. The van der Waals surface area contributed by atoms with Crippen LogP contribution in [-0.4, -0.2) is 71.1 Å². The van der Waals surface area contributed by atoms with Gasteiger partial charge in [-0.3, -0.25) is 24.0 Å². The van der Waals surface area contributed by atoms with Crippen molar-refractivity contribution in [3.8, 4) is 0 Å². The van der Waals surface area contributed by atoms with Gasteiger partial charge in [0, 0.05) is 18.2 Å². The monoisotopic (exact) mass is 680 g/mol. The van der Waals surface area contributed by atoms with Crippen molar-refractivity contribution in [1.29, 1.82) is 0 Å². The number of primary amides is 2. The molecule has 12 heteroatoms. The highest BCUT2D eigenvalue weighted by atomic mass is 16.2. The van der Waals surface area contributed by atoms with E-state index in [4.69, 9.17) is 11.5 Å². The molecule has 2 saturated carbocycles. The van der Waals surface area contributed by atoms with Crippen LogP contribution < -0.4 is 27.4 Å². The van der Waals surface area contributed by atoms with Crippen LogP contribution >= 0.6 is 0 Å². The second-order valence-electron chi connectivity index (χ2n) is 16.5. The molecule has 1 aromatic carbocycles. The zero-order valence-electron chi connectivity index (χ0n) is 30.0. The lowest BCUT2D eigenvalue weighted by atomic mass is 9.80. The van der Waals surface area contributed by atoms with E-state index in [-0.39, 0.29) is 35.1 Å². The van der Waals surface area contributed by atoms with E-state index >= 15 is 0 Å². The fraction of sp³-hybridized carbons (Fsp3) is 0.676. The number of rotatable bonds is 13. The third kappa shape index (κ3) is 9.19. The van der Waals surface area contributed by atoms with Crippen LogP contribution in [0.25, 0.3) is 0 Å². The van der Waals surface area contributed by atoms with Crippen LogP contribution in [0.15, 0.2) is 24.3 Å². The topological polar surface area (TPSA) is 194 Å². The van der Waals surface area contributed by atoms with Crippen molar-refractivity contribution in [1.82, 2.24) is 20.9 Å². The highest BCUT2D eigenvalue weighted by Crippen LogP contribution is 2.43. The fourth-order valence-corrected chi connectivity index (χ4v) is 7.74. The predicted molar refractivity (Wildman–Crippen MR) is 186 cm³/mol. The summed E-state index contributed by atoms with van der Waals surface area (Å²) in [6.45, 7) is 12.0. The molecule has 0 bridgehead atoms. The molecule has 3 fully saturated rings. The molecule has 6 atom stereocenters. The van der Waals surface area contributed by atoms with Crippen LogP contribution in [0.4, 0.5) is 4.79 Å². The van der Waals surface area contributed by atoms with E-state index in [9.17, 15) is 28.8 Å². The average molecular weight is 681 g/mol. The van der Waals surface area contributed by atoms with E-state index < -0.39 is 53.1 Å². The zero-order chi connectivity index (χ0) is 36.3. The number of fused-ring (bicyclic) bond motifs is 1. The Morgan fingerprint density at radius 2 is 1.51 bits per heavy atom. The third-order valence-electron chi connectivity index (χ3n) is 10.8. The number of urea groups is 1. The number of nitrogens with two attached hydrogens (primary N) is 2. The van der Waals surface area contributed by atoms with Crippen molar-refractivity contribution in [3.63, 3.8) is 0 Å². The molecule has 12 nitrogen and oxygen atoms in total. The Morgan fingerprint density at radius 3 is 2.08 bits per heavy atom. The van der Waals surface area contributed by atoms with Gasteiger partial charge in [0.2, 0.25) is 23.5 Å². The van der Waals surface area contributed by atoms with Gasteiger partial charge in [-0.25, -0.2) is 4.79 Å². The molecule has 0 aromatic heterocycles. The van der Waals surface area contributed by atoms with Crippen LogP contribution in [0.2, 0.25) is 0 Å². The number of carbonyl (C=O) groups excluding carboxylic acids is 6. The van der Waals surface area contributed by atoms with Crippen LogP contribution in [0, 0.1) is 28.6 Å². The van der Waals surface area contributed by atoms with Crippen LogP contribution in [0.1, 0.15) is 109 Å². The van der Waals surface area contributed by atoms with Crippen molar-refractivity contribution < 1.29 is 28.8 Å². The number of benzene rings is 1. The molecule has 1 saturated heterocycles. The van der Waals surface area contributed by atoms with E-state index in [1.54, 1.807) is 17.0 Å². The number of amides is 6. The Kier molecular flexibility index (Phi) is 11.8. The van der Waals surface area contributed by atoms with Crippen molar-refractivity contribution >= 4 is 35.4 Å². The highest BCUT2D eigenvalue weighted by Gasteiger charge is 2.52. The minimum absolute atomic E-state index is 0.0834. The Labute approximate surface area is 290 Å². The summed E-state index contributed by atoms with van der Waals surface area (Å²) in [5.41, 5.74) is 11.1. The normalized spacial score (nSPS) is 22.7. The zero-order valence-corrected chi connectivity index (χ0v) is 30.0. The lowest BCUT2D eigenvalue weighted by molar-refractivity contribution is -0.144. The SMILES string of the molecule is CC(C)(C)[C@H](NC(=O)N[C@H](CCc1ccccc1C(N)=O)C(C)(C)C)C(=O)N1C[C@@H]2CCC[C@@H]2[C@H]1C(=O)NC(CC1CCC1)C(=O)C(N)=O. The Morgan fingerprint density at radius 1 is 0.857 bits per heavy atom. The van der Waals surface area contributed by atoms with Gasteiger partial charge in [0.1, 0.15) is 12.1 Å². The van der Waals surface area contributed by atoms with Crippen LogP contribution in [0.3, 0.4) is 0 Å². The average Bonchev–Trinajstić information content (AvgIpc) is 3.59. The Bertz CT molecular complexity index is 1430. The molecule has 6 amide bonds. The number of aryl methyl sites for hydroxylation is 1. The molecule has 270 valence electrons. The standard InChI is InChI=1S/C37H56N6O6/c1-36(2,3)27(18-17-22-13-7-8-15-25(22)31(38)45)41-35(49)42-30(37(4,5)6)34(48)43-20-23-14-10-16-24(23)28(43)33(47)40-26(29(44)32(39)46)19-21-11-9-12-21/h7-8,13,15,21,23-24,26-28,30H,9-12,14,16-20H2,1-6H3,(H2,38,45)(H2,39,46)(H,40,47)(H2,41,42,49)/t23-,24-,26?,27+,28-,30+/m0/s1. The smallest absolute Gasteiger partial charge is 0.315 e. The first-order valence-electron chi connectivity index (χ1n) is 17.8. The fourth-order valence-electron chi connectivity index (χ4n) is 7.74. The highest BCUT2D eigenvalue weighted by molar-refractivity contribution is 6.37. The van der Waals surface area contributed by atoms with Crippen molar-refractivity contribution in [2.45, 2.75) is 123 Å². The van der Waals surface area contributed by atoms with Gasteiger partial charge in [-0.2, -0.15) is 0 Å².